The van der Waals surface area contributed by atoms with E-state index in [1.165, 1.54) is 0 Å². The number of carbonyl (C=O) groups is 4. The molecule has 352 valence electrons. The third-order valence-electron chi connectivity index (χ3n) is 10.6. The molecule has 3 aromatic rings. The summed E-state index contributed by atoms with van der Waals surface area (Å²) < 4.78 is 52.2. The first kappa shape index (κ1) is 50.6. The Hall–Kier alpha value is -4.38. The molecule has 64 heavy (non-hydrogen) atoms. The third kappa shape index (κ3) is 13.6. The molecule has 0 radical (unpaired) electrons. The second-order valence-corrected chi connectivity index (χ2v) is 23.4. The summed E-state index contributed by atoms with van der Waals surface area (Å²) in [6, 6.07) is 14.6. The zero-order valence-corrected chi connectivity index (χ0v) is 41.6. The molecule has 17 heteroatoms. The minimum absolute atomic E-state index is 0.0386. The molecule has 1 aromatic heterocycles. The number of thiophene rings is 1. The first-order valence-corrected chi connectivity index (χ1v) is 24.4. The summed E-state index contributed by atoms with van der Waals surface area (Å²) in [6.45, 7) is 20.5. The number of sulfonamides is 1. The van der Waals surface area contributed by atoms with E-state index >= 15 is 0 Å². The van der Waals surface area contributed by atoms with Gasteiger partial charge < -0.3 is 34.1 Å². The molecule has 0 unspecified atom stereocenters. The van der Waals surface area contributed by atoms with Crippen LogP contribution in [0.1, 0.15) is 117 Å². The van der Waals surface area contributed by atoms with Crippen LogP contribution in [0.2, 0.25) is 5.02 Å². The summed E-state index contributed by atoms with van der Waals surface area (Å²) in [5.41, 5.74) is -0.196. The SMILES string of the molecule is CN(C(=O)C1CCN(C(=O)OC(C)(C)C)CC1)c1cccc(CS(=O)(=O)N2CC[C@H](Nc3cccc(-c4sc(C(=O)OC(C)(C)C)c(OCC(=O)OC(C)(C)C)c4Cl)c3)CC2(C)C)c1. The highest BCUT2D eigenvalue weighted by atomic mass is 35.5. The number of benzene rings is 2. The van der Waals surface area contributed by atoms with E-state index in [4.69, 9.17) is 30.5 Å². The van der Waals surface area contributed by atoms with Crippen molar-refractivity contribution in [2.75, 3.05) is 43.5 Å². The average Bonchev–Trinajstić information content (AvgIpc) is 3.50. The van der Waals surface area contributed by atoms with Gasteiger partial charge in [-0.05, 0) is 137 Å². The van der Waals surface area contributed by atoms with Crippen LogP contribution in [0.15, 0.2) is 48.5 Å². The van der Waals surface area contributed by atoms with Crippen LogP contribution < -0.4 is 15.0 Å². The molecular formula is C47H65ClN4O10S2. The van der Waals surface area contributed by atoms with E-state index in [2.05, 4.69) is 5.32 Å². The highest BCUT2D eigenvalue weighted by molar-refractivity contribution is 7.88. The van der Waals surface area contributed by atoms with Gasteiger partial charge in [-0.1, -0.05) is 35.9 Å². The van der Waals surface area contributed by atoms with Crippen LogP contribution in [0.5, 0.6) is 5.75 Å². The maximum Gasteiger partial charge on any atom is 0.410 e. The Morgan fingerprint density at radius 2 is 1.48 bits per heavy atom. The molecule has 5 rings (SSSR count). The van der Waals surface area contributed by atoms with Crippen molar-refractivity contribution in [3.63, 3.8) is 0 Å². The van der Waals surface area contributed by atoms with E-state index in [1.54, 1.807) is 87.0 Å². The van der Waals surface area contributed by atoms with Gasteiger partial charge in [-0.15, -0.1) is 11.3 Å². The van der Waals surface area contributed by atoms with Gasteiger partial charge in [0.25, 0.3) is 0 Å². The van der Waals surface area contributed by atoms with Crippen molar-refractivity contribution in [2.45, 2.75) is 136 Å². The Morgan fingerprint density at radius 3 is 2.09 bits per heavy atom. The van der Waals surface area contributed by atoms with Gasteiger partial charge in [0.05, 0.1) is 10.6 Å². The number of piperidine rings is 2. The fourth-order valence-corrected chi connectivity index (χ4v) is 11.3. The number of nitrogens with zero attached hydrogens (tertiary/aromatic N) is 3. The maximum absolute atomic E-state index is 14.1. The van der Waals surface area contributed by atoms with E-state index < -0.39 is 50.9 Å². The lowest BCUT2D eigenvalue weighted by atomic mass is 9.89. The molecule has 2 aliphatic rings. The lowest BCUT2D eigenvalue weighted by Gasteiger charge is -2.45. The number of hydrogen-bond donors (Lipinski definition) is 1. The van der Waals surface area contributed by atoms with Gasteiger partial charge in [0, 0.05) is 55.6 Å². The smallest absolute Gasteiger partial charge is 0.410 e. The average molecular weight is 946 g/mol. The van der Waals surface area contributed by atoms with Crippen molar-refractivity contribution in [3.05, 3.63) is 64.0 Å². The summed E-state index contributed by atoms with van der Waals surface area (Å²) in [5.74, 6) is -1.79. The van der Waals surface area contributed by atoms with Crippen molar-refractivity contribution in [1.29, 1.82) is 0 Å². The normalized spacial score (nSPS) is 17.6. The number of carbonyl (C=O) groups excluding carboxylic acids is 4. The fraction of sp³-hybridized carbons (Fsp3) is 0.574. The number of rotatable bonds is 12. The highest BCUT2D eigenvalue weighted by Crippen LogP contribution is 2.47. The molecule has 2 aliphatic heterocycles. The van der Waals surface area contributed by atoms with Crippen molar-refractivity contribution in [2.24, 2.45) is 5.92 Å². The number of hydrogen-bond acceptors (Lipinski definition) is 12. The van der Waals surface area contributed by atoms with Crippen LogP contribution in [0.4, 0.5) is 16.2 Å². The van der Waals surface area contributed by atoms with Crippen LogP contribution in [0.25, 0.3) is 10.4 Å². The minimum atomic E-state index is -3.78. The minimum Gasteiger partial charge on any atom is -0.479 e. The molecule has 3 heterocycles. The Bertz CT molecular complexity index is 2300. The van der Waals surface area contributed by atoms with Crippen molar-refractivity contribution < 1.29 is 46.5 Å². The van der Waals surface area contributed by atoms with Gasteiger partial charge in [0.15, 0.2) is 17.2 Å². The lowest BCUT2D eigenvalue weighted by molar-refractivity contribution is -0.157. The van der Waals surface area contributed by atoms with E-state index in [1.807, 2.05) is 58.9 Å². The van der Waals surface area contributed by atoms with Crippen LogP contribution in [-0.2, 0) is 39.6 Å². The van der Waals surface area contributed by atoms with Crippen LogP contribution >= 0.6 is 22.9 Å². The second-order valence-electron chi connectivity index (χ2n) is 20.1. The Balaban J connectivity index is 1.24. The standard InChI is InChI=1S/C47H65ClN4O10S2/c1-44(2,3)60-36(53)28-59-38-37(48)39(63-40(38)42(55)61-45(4,5)6)32-16-14-17-33(26-32)49-34-21-24-52(47(10,11)27-34)64(57,58)29-30-15-13-18-35(25-30)50(12)41(54)31-19-22-51(23-20-31)43(56)62-46(7,8)9/h13-18,25-26,31,34,49H,19-24,27-29H2,1-12H3/t34-/m0/s1. The second kappa shape index (κ2) is 19.6. The number of nitrogens with one attached hydrogen (secondary N) is 1. The van der Waals surface area contributed by atoms with Gasteiger partial charge in [-0.25, -0.2) is 22.8 Å². The molecule has 0 spiro atoms. The zero-order valence-electron chi connectivity index (χ0n) is 39.3. The molecular weight excluding hydrogens is 880 g/mol. The maximum atomic E-state index is 14.1. The predicted octanol–water partition coefficient (Wildman–Crippen LogP) is 9.54. The summed E-state index contributed by atoms with van der Waals surface area (Å²) in [4.78, 5) is 55.9. The third-order valence-corrected chi connectivity index (χ3v) is 14.3. The van der Waals surface area contributed by atoms with E-state index in [9.17, 15) is 27.6 Å². The predicted molar refractivity (Wildman–Crippen MR) is 252 cm³/mol. The first-order valence-electron chi connectivity index (χ1n) is 21.6. The molecule has 1 N–H and O–H groups in total. The Kier molecular flexibility index (Phi) is 15.5. The van der Waals surface area contributed by atoms with E-state index in [0.29, 0.717) is 67.0 Å². The number of halogens is 1. The highest BCUT2D eigenvalue weighted by Gasteiger charge is 2.42. The summed E-state index contributed by atoms with van der Waals surface area (Å²) in [6.07, 6.45) is 1.70. The van der Waals surface area contributed by atoms with Crippen molar-refractivity contribution in [3.8, 4) is 16.2 Å². The van der Waals surface area contributed by atoms with Gasteiger partial charge in [-0.2, -0.15) is 4.31 Å². The molecule has 2 aromatic carbocycles. The Labute approximate surface area is 387 Å². The molecule has 0 aliphatic carbocycles. The number of ether oxygens (including phenoxy) is 4. The number of anilines is 2. The number of amides is 2. The Morgan fingerprint density at radius 1 is 0.859 bits per heavy atom. The first-order chi connectivity index (χ1) is 29.5. The molecule has 1 atom stereocenters. The van der Waals surface area contributed by atoms with Crippen molar-refractivity contribution in [1.82, 2.24) is 9.21 Å². The molecule has 14 nitrogen and oxygen atoms in total. The van der Waals surface area contributed by atoms with Crippen LogP contribution in [0.3, 0.4) is 0 Å². The van der Waals surface area contributed by atoms with Crippen molar-refractivity contribution >= 4 is 68.3 Å². The quantitative estimate of drug-likeness (QED) is 0.136. The topological polar surface area (TPSA) is 161 Å². The van der Waals surface area contributed by atoms with E-state index in [-0.39, 0.29) is 45.4 Å². The lowest BCUT2D eigenvalue weighted by Crippen LogP contribution is -2.55. The summed E-state index contributed by atoms with van der Waals surface area (Å²) >= 11 is 8.01. The van der Waals surface area contributed by atoms with Crippen LogP contribution in [-0.4, -0.2) is 103 Å². The molecule has 2 fully saturated rings. The molecule has 2 amide bonds. The number of esters is 2. The van der Waals surface area contributed by atoms with Gasteiger partial charge in [-0.3, -0.25) is 4.79 Å². The van der Waals surface area contributed by atoms with Gasteiger partial charge in [0.2, 0.25) is 15.9 Å². The zero-order chi connectivity index (χ0) is 47.6. The largest absolute Gasteiger partial charge is 0.479 e. The van der Waals surface area contributed by atoms with Gasteiger partial charge in [0.1, 0.15) is 21.8 Å². The monoisotopic (exact) mass is 944 g/mol. The molecule has 0 bridgehead atoms. The molecule has 2 saturated heterocycles. The molecule has 0 saturated carbocycles. The number of likely N-dealkylation sites (tertiary alicyclic amines) is 1. The van der Waals surface area contributed by atoms with Gasteiger partial charge >= 0.3 is 18.0 Å². The fourth-order valence-electron chi connectivity index (χ4n) is 7.86. The van der Waals surface area contributed by atoms with Crippen LogP contribution in [0, 0.1) is 5.92 Å². The summed E-state index contributed by atoms with van der Waals surface area (Å²) in [7, 11) is -2.08. The van der Waals surface area contributed by atoms with E-state index in [0.717, 1.165) is 17.0 Å². The summed E-state index contributed by atoms with van der Waals surface area (Å²) in [5, 5.41) is 3.75.